The fraction of sp³-hybridized carbons (Fsp3) is 0.500. The molecule has 0 amide bonds. The van der Waals surface area contributed by atoms with Crippen LogP contribution in [0.4, 0.5) is 0 Å². The Kier molecular flexibility index (Phi) is 9.03. The van der Waals surface area contributed by atoms with E-state index >= 15 is 0 Å². The Morgan fingerprint density at radius 1 is 1.26 bits per heavy atom. The van der Waals surface area contributed by atoms with Crippen LogP contribution in [0.2, 0.25) is 10.0 Å². The maximum Gasteiger partial charge on any atom is 0.264 e. The van der Waals surface area contributed by atoms with Gasteiger partial charge in [-0.3, -0.25) is 4.18 Å². The van der Waals surface area contributed by atoms with Crippen LogP contribution in [-0.4, -0.2) is 20.6 Å². The maximum absolute atomic E-state index is 11.1. The van der Waals surface area contributed by atoms with Crippen LogP contribution in [0.5, 0.6) is 0 Å². The molecule has 19 heavy (non-hydrogen) atoms. The molecule has 0 aromatic heterocycles. The minimum absolute atomic E-state index is 0.263. The number of hydrogen-bond acceptors (Lipinski definition) is 3. The van der Waals surface area contributed by atoms with Crippen LogP contribution in [0.3, 0.4) is 0 Å². The number of rotatable bonds is 5. The Balaban J connectivity index is 0.00000154. The van der Waals surface area contributed by atoms with Crippen molar-refractivity contribution in [2.45, 2.75) is 26.4 Å². The summed E-state index contributed by atoms with van der Waals surface area (Å²) in [6, 6.07) is 4.79. The van der Waals surface area contributed by atoms with Gasteiger partial charge in [-0.15, -0.1) is 11.6 Å². The normalized spacial score (nSPS) is 12.5. The Labute approximate surface area is 129 Å². The summed E-state index contributed by atoms with van der Waals surface area (Å²) in [6.07, 6.45) is 0.640. The average Bonchev–Trinajstić information content (AvgIpc) is 2.29. The van der Waals surface area contributed by atoms with E-state index < -0.39 is 16.2 Å². The van der Waals surface area contributed by atoms with Crippen LogP contribution in [-0.2, 0) is 14.3 Å². The first-order valence-electron chi connectivity index (χ1n) is 5.72. The first-order chi connectivity index (χ1) is 8.83. The van der Waals surface area contributed by atoms with Crippen molar-refractivity contribution in [3.63, 3.8) is 0 Å². The van der Waals surface area contributed by atoms with Crippen molar-refractivity contribution >= 4 is 44.9 Å². The van der Waals surface area contributed by atoms with Crippen molar-refractivity contribution in [1.29, 1.82) is 0 Å². The third-order valence-corrected chi connectivity index (χ3v) is 3.33. The lowest BCUT2D eigenvalue weighted by Gasteiger charge is -2.16. The molecule has 0 spiro atoms. The van der Waals surface area contributed by atoms with E-state index in [1.165, 1.54) is 6.07 Å². The van der Waals surface area contributed by atoms with Gasteiger partial charge in [-0.1, -0.05) is 43.1 Å². The molecule has 0 saturated carbocycles. The highest BCUT2D eigenvalue weighted by molar-refractivity contribution is 7.86. The molecular formula is C12H17Cl3O3S. The van der Waals surface area contributed by atoms with E-state index in [0.29, 0.717) is 22.0 Å². The summed E-state index contributed by atoms with van der Waals surface area (Å²) in [5.41, 5.74) is 0.558. The van der Waals surface area contributed by atoms with Gasteiger partial charge in [-0.25, -0.2) is 0 Å². The first-order valence-corrected chi connectivity index (χ1v) is 8.83. The molecular weight excluding hydrogens is 331 g/mol. The van der Waals surface area contributed by atoms with Crippen LogP contribution in [0.15, 0.2) is 18.2 Å². The second kappa shape index (κ2) is 9.03. The fourth-order valence-electron chi connectivity index (χ4n) is 1.33. The van der Waals surface area contributed by atoms with E-state index in [1.54, 1.807) is 12.1 Å². The summed E-state index contributed by atoms with van der Waals surface area (Å²) >= 11 is 17.4. The molecule has 1 rings (SSSR count). The monoisotopic (exact) mass is 346 g/mol. The highest BCUT2D eigenvalue weighted by Gasteiger charge is 2.20. The van der Waals surface area contributed by atoms with Gasteiger partial charge in [0.2, 0.25) is 0 Å². The molecule has 1 atom stereocenters. The number of alkyl halides is 1. The molecule has 0 saturated heterocycles. The lowest BCUT2D eigenvalue weighted by atomic mass is 10.1. The van der Waals surface area contributed by atoms with Crippen LogP contribution in [0.1, 0.15) is 31.9 Å². The Morgan fingerprint density at radius 2 is 1.84 bits per heavy atom. The quantitative estimate of drug-likeness (QED) is 0.574. The van der Waals surface area contributed by atoms with Crippen molar-refractivity contribution in [2.75, 3.05) is 12.1 Å². The second-order valence-electron chi connectivity index (χ2n) is 3.43. The van der Waals surface area contributed by atoms with Crippen LogP contribution in [0.25, 0.3) is 0 Å². The zero-order chi connectivity index (χ0) is 15.1. The van der Waals surface area contributed by atoms with Gasteiger partial charge < -0.3 is 0 Å². The third-order valence-electron chi connectivity index (χ3n) is 1.97. The van der Waals surface area contributed by atoms with E-state index in [4.69, 9.17) is 39.0 Å². The van der Waals surface area contributed by atoms with E-state index in [1.807, 2.05) is 13.8 Å². The number of benzene rings is 1. The molecule has 1 unspecified atom stereocenters. The highest BCUT2D eigenvalue weighted by Crippen LogP contribution is 2.31. The van der Waals surface area contributed by atoms with Gasteiger partial charge >= 0.3 is 0 Å². The standard InChI is InChI=1S/C10H11Cl3O3S.C2H6/c1-17(14,15)16-10(4-5-11)8-3-2-7(12)6-9(8)13;1-2/h2-3,6,10H,4-5H2,1H3;1-2H3. The van der Waals surface area contributed by atoms with Crippen LogP contribution < -0.4 is 0 Å². The van der Waals surface area contributed by atoms with Crippen LogP contribution >= 0.6 is 34.8 Å². The summed E-state index contributed by atoms with van der Waals surface area (Å²) in [7, 11) is -3.57. The van der Waals surface area contributed by atoms with Crippen molar-refractivity contribution < 1.29 is 12.6 Å². The lowest BCUT2D eigenvalue weighted by Crippen LogP contribution is -2.11. The Morgan fingerprint density at radius 3 is 2.26 bits per heavy atom. The lowest BCUT2D eigenvalue weighted by molar-refractivity contribution is 0.212. The second-order valence-corrected chi connectivity index (χ2v) is 6.25. The minimum Gasteiger partial charge on any atom is -0.262 e. The van der Waals surface area contributed by atoms with Gasteiger partial charge in [0.1, 0.15) is 6.10 Å². The topological polar surface area (TPSA) is 43.4 Å². The molecule has 110 valence electrons. The molecule has 0 bridgehead atoms. The number of halogens is 3. The molecule has 3 nitrogen and oxygen atoms in total. The molecule has 7 heteroatoms. The molecule has 0 fully saturated rings. The molecule has 0 radical (unpaired) electrons. The van der Waals surface area contributed by atoms with Crippen molar-refractivity contribution in [3.8, 4) is 0 Å². The van der Waals surface area contributed by atoms with E-state index in [2.05, 4.69) is 0 Å². The number of hydrogen-bond donors (Lipinski definition) is 0. The van der Waals surface area contributed by atoms with Crippen molar-refractivity contribution in [2.24, 2.45) is 0 Å². The van der Waals surface area contributed by atoms with Gasteiger partial charge in [0.25, 0.3) is 10.1 Å². The summed E-state index contributed by atoms with van der Waals surface area (Å²) in [4.78, 5) is 0. The van der Waals surface area contributed by atoms with Crippen LogP contribution in [0, 0.1) is 0 Å². The van der Waals surface area contributed by atoms with Gasteiger partial charge in [-0.2, -0.15) is 8.42 Å². The molecule has 0 aliphatic rings. The Bertz CT molecular complexity index is 489. The Hall–Kier alpha value is -0.000000000000000111. The van der Waals surface area contributed by atoms with Gasteiger partial charge in [0.15, 0.2) is 0 Å². The smallest absolute Gasteiger partial charge is 0.262 e. The average molecular weight is 348 g/mol. The van der Waals surface area contributed by atoms with E-state index in [9.17, 15) is 8.42 Å². The highest BCUT2D eigenvalue weighted by atomic mass is 35.5. The van der Waals surface area contributed by atoms with E-state index in [-0.39, 0.29) is 5.88 Å². The zero-order valence-electron chi connectivity index (χ0n) is 11.0. The zero-order valence-corrected chi connectivity index (χ0v) is 14.1. The first kappa shape index (κ1) is 19.0. The SMILES string of the molecule is CC.CS(=O)(=O)OC(CCCl)c1ccc(Cl)cc1Cl. The third kappa shape index (κ3) is 7.37. The summed E-state index contributed by atoms with van der Waals surface area (Å²) in [6.45, 7) is 4.00. The van der Waals surface area contributed by atoms with Gasteiger partial charge in [0.05, 0.1) is 6.26 Å². The van der Waals surface area contributed by atoms with Gasteiger partial charge in [-0.05, 0) is 18.6 Å². The molecule has 1 aromatic rings. The predicted molar refractivity (Wildman–Crippen MR) is 81.8 cm³/mol. The maximum atomic E-state index is 11.1. The largest absolute Gasteiger partial charge is 0.264 e. The molecule has 0 N–H and O–H groups in total. The predicted octanol–water partition coefficient (Wildman–Crippen LogP) is 4.67. The molecule has 0 heterocycles. The molecule has 0 aliphatic carbocycles. The van der Waals surface area contributed by atoms with Crippen molar-refractivity contribution in [1.82, 2.24) is 0 Å². The summed E-state index contributed by atoms with van der Waals surface area (Å²) in [5.74, 6) is 0.263. The minimum atomic E-state index is -3.57. The molecule has 0 aliphatic heterocycles. The summed E-state index contributed by atoms with van der Waals surface area (Å²) < 4.78 is 27.2. The summed E-state index contributed by atoms with van der Waals surface area (Å²) in [5, 5.41) is 0.832. The van der Waals surface area contributed by atoms with Gasteiger partial charge in [0, 0.05) is 21.5 Å². The molecule has 1 aromatic carbocycles. The van der Waals surface area contributed by atoms with Crippen molar-refractivity contribution in [3.05, 3.63) is 33.8 Å². The fourth-order valence-corrected chi connectivity index (χ4v) is 2.68. The van der Waals surface area contributed by atoms with E-state index in [0.717, 1.165) is 6.26 Å².